The minimum Gasteiger partial charge on any atom is -0.497 e. The van der Waals surface area contributed by atoms with E-state index in [1.165, 1.54) is 19.2 Å². The van der Waals surface area contributed by atoms with Crippen molar-refractivity contribution in [2.24, 2.45) is 0 Å². The summed E-state index contributed by atoms with van der Waals surface area (Å²) in [5.41, 5.74) is 0.381. The minimum atomic E-state index is -4.28. The third-order valence-electron chi connectivity index (χ3n) is 6.41. The average Bonchev–Trinajstić information content (AvgIpc) is 3.43. The first-order valence-electron chi connectivity index (χ1n) is 11.9. The zero-order valence-corrected chi connectivity index (χ0v) is 23.1. The molecule has 0 unspecified atom stereocenters. The lowest BCUT2D eigenvalue weighted by atomic mass is 10.0. The summed E-state index contributed by atoms with van der Waals surface area (Å²) >= 11 is 12.6. The Hall–Kier alpha value is -2.53. The van der Waals surface area contributed by atoms with Crippen LogP contribution in [0.15, 0.2) is 29.2 Å². The number of benzene rings is 2. The molecular weight excluding hydrogens is 547 g/mol. The van der Waals surface area contributed by atoms with Gasteiger partial charge in [0, 0.05) is 12.6 Å². The Labute approximate surface area is 226 Å². The molecule has 200 valence electrons. The largest absolute Gasteiger partial charge is 0.497 e. The van der Waals surface area contributed by atoms with Gasteiger partial charge in [0.05, 0.1) is 22.7 Å². The van der Waals surface area contributed by atoms with Gasteiger partial charge in [0.15, 0.2) is 6.73 Å². The molecule has 0 aromatic heterocycles. The van der Waals surface area contributed by atoms with Gasteiger partial charge in [-0.3, -0.25) is 9.69 Å². The van der Waals surface area contributed by atoms with Crippen LogP contribution in [0.25, 0.3) is 0 Å². The third-order valence-corrected chi connectivity index (χ3v) is 8.83. The predicted molar refractivity (Wildman–Crippen MR) is 138 cm³/mol. The Balaban J connectivity index is 1.51. The van der Waals surface area contributed by atoms with Crippen LogP contribution in [0.5, 0.6) is 11.5 Å². The van der Waals surface area contributed by atoms with Crippen LogP contribution in [-0.2, 0) is 14.8 Å². The van der Waals surface area contributed by atoms with E-state index in [0.717, 1.165) is 32.5 Å². The van der Waals surface area contributed by atoms with Crippen molar-refractivity contribution < 1.29 is 32.2 Å². The highest BCUT2D eigenvalue weighted by Gasteiger charge is 2.44. The van der Waals surface area contributed by atoms with Crippen LogP contribution >= 0.6 is 23.2 Å². The fourth-order valence-electron chi connectivity index (χ4n) is 4.41. The van der Waals surface area contributed by atoms with Crippen molar-refractivity contribution in [2.45, 2.75) is 37.5 Å². The molecule has 1 amide bonds. The number of carbonyl (C=O) groups is 2. The number of esters is 1. The van der Waals surface area contributed by atoms with Crippen molar-refractivity contribution in [3.8, 4) is 11.5 Å². The Morgan fingerprint density at radius 1 is 1.16 bits per heavy atom. The topological polar surface area (TPSA) is 102 Å². The maximum absolute atomic E-state index is 13.2. The zero-order valence-electron chi connectivity index (χ0n) is 20.8. The maximum Gasteiger partial charge on any atom is 0.343 e. The summed E-state index contributed by atoms with van der Waals surface area (Å²) in [4.78, 5) is 28.2. The third kappa shape index (κ3) is 5.38. The Bertz CT molecular complexity index is 1320. The average molecular weight is 575 g/mol. The quantitative estimate of drug-likeness (QED) is 0.401. The molecule has 0 bridgehead atoms. The summed E-state index contributed by atoms with van der Waals surface area (Å²) in [6.07, 6.45) is 2.31. The number of hydrogen-bond acceptors (Lipinski definition) is 8. The lowest BCUT2D eigenvalue weighted by molar-refractivity contribution is 0.0357. The standard InChI is InChI=1S/C25H28Cl2N2O7S/c1-15(2)17-12-16(34-3)13-20-21(17)24(30)29(37(20,32)33)14-36-25(31)22-18(26)6-7-19(23(22)27)35-11-10-28-8-4-5-9-28/h6-7,12-13,15H,4-5,8-11,14H2,1-3H3/i24+2,25+2. The van der Waals surface area contributed by atoms with Gasteiger partial charge in [0.25, 0.3) is 15.9 Å². The molecule has 1 saturated heterocycles. The van der Waals surface area contributed by atoms with E-state index >= 15 is 0 Å². The lowest BCUT2D eigenvalue weighted by Crippen LogP contribution is -2.33. The molecular formula is C25H28Cl2N2O7S. The molecule has 4 rings (SSSR count). The maximum atomic E-state index is 13.2. The van der Waals surface area contributed by atoms with Crippen LogP contribution in [0.2, 0.25) is 10.0 Å². The number of hydrogen-bond donors (Lipinski definition) is 0. The molecule has 2 aliphatic heterocycles. The van der Waals surface area contributed by atoms with Crippen molar-refractivity contribution in [1.82, 2.24) is 9.21 Å². The summed E-state index contributed by atoms with van der Waals surface area (Å²) < 4.78 is 43.1. The van der Waals surface area contributed by atoms with Crippen LogP contribution in [0.1, 0.15) is 58.9 Å². The molecule has 0 N–H and O–H groups in total. The Morgan fingerprint density at radius 3 is 2.51 bits per heavy atom. The number of carbonyl (C=O) groups excluding carboxylic acids is 2. The Kier molecular flexibility index (Phi) is 8.23. The summed E-state index contributed by atoms with van der Waals surface area (Å²) in [6, 6.07) is 5.91. The first kappa shape index (κ1) is 27.5. The number of sulfonamides is 1. The van der Waals surface area contributed by atoms with Crippen LogP contribution in [0, 0.1) is 0 Å². The van der Waals surface area contributed by atoms with Crippen molar-refractivity contribution in [1.29, 1.82) is 0 Å². The number of methoxy groups -OCH3 is 1. The van der Waals surface area contributed by atoms with Gasteiger partial charge in [0.2, 0.25) is 0 Å². The van der Waals surface area contributed by atoms with E-state index in [2.05, 4.69) is 4.90 Å². The van der Waals surface area contributed by atoms with E-state index in [-0.39, 0.29) is 37.7 Å². The van der Waals surface area contributed by atoms with Gasteiger partial charge >= 0.3 is 5.97 Å². The number of likely N-dealkylation sites (tertiary alicyclic amines) is 1. The van der Waals surface area contributed by atoms with Gasteiger partial charge in [-0.2, -0.15) is 4.31 Å². The second-order valence-electron chi connectivity index (χ2n) is 9.10. The van der Waals surface area contributed by atoms with Gasteiger partial charge in [-0.25, -0.2) is 13.2 Å². The van der Waals surface area contributed by atoms with E-state index in [9.17, 15) is 18.0 Å². The molecule has 1 fully saturated rings. The summed E-state index contributed by atoms with van der Waals surface area (Å²) in [6.45, 7) is 5.95. The number of nitrogens with zero attached hydrogens (tertiary/aromatic N) is 2. The molecule has 2 heterocycles. The normalized spacial score (nSPS) is 16.8. The molecule has 12 heteroatoms. The van der Waals surface area contributed by atoms with Gasteiger partial charge < -0.3 is 14.2 Å². The zero-order chi connectivity index (χ0) is 26.9. The first-order chi connectivity index (χ1) is 17.6. The number of ether oxygens (including phenoxy) is 3. The van der Waals surface area contributed by atoms with Crippen molar-refractivity contribution in [3.63, 3.8) is 0 Å². The van der Waals surface area contributed by atoms with Crippen molar-refractivity contribution in [2.75, 3.05) is 40.1 Å². The monoisotopic (exact) mass is 574 g/mol. The fraction of sp³-hybridized carbons (Fsp3) is 0.440. The van der Waals surface area contributed by atoms with E-state index in [1.807, 2.05) is 13.8 Å². The smallest absolute Gasteiger partial charge is 0.343 e. The molecule has 2 aromatic carbocycles. The first-order valence-corrected chi connectivity index (χ1v) is 14.0. The van der Waals surface area contributed by atoms with Crippen LogP contribution in [0.3, 0.4) is 0 Å². The fourth-order valence-corrected chi connectivity index (χ4v) is 6.46. The molecule has 0 aliphatic carbocycles. The lowest BCUT2D eigenvalue weighted by Gasteiger charge is -2.18. The number of rotatable bonds is 9. The Morgan fingerprint density at radius 2 is 1.86 bits per heavy atom. The van der Waals surface area contributed by atoms with Crippen molar-refractivity contribution in [3.05, 3.63) is 51.0 Å². The second kappa shape index (κ2) is 11.1. The molecule has 37 heavy (non-hydrogen) atoms. The number of amides is 1. The summed E-state index contributed by atoms with van der Waals surface area (Å²) in [5, 5.41) is -0.0442. The summed E-state index contributed by atoms with van der Waals surface area (Å²) in [7, 11) is -2.87. The van der Waals surface area contributed by atoms with Crippen LogP contribution in [-0.4, -0.2) is 69.6 Å². The van der Waals surface area contributed by atoms with E-state index in [1.54, 1.807) is 12.1 Å². The van der Waals surface area contributed by atoms with Gasteiger partial charge in [-0.05, 0) is 55.6 Å². The highest BCUT2D eigenvalue weighted by molar-refractivity contribution is 7.90. The molecule has 0 saturated carbocycles. The molecule has 2 aliphatic rings. The number of fused-ring (bicyclic) bond motifs is 1. The number of halogens is 2. The molecule has 0 atom stereocenters. The second-order valence-corrected chi connectivity index (χ2v) is 11.7. The van der Waals surface area contributed by atoms with Gasteiger partial charge in [-0.15, -0.1) is 0 Å². The van der Waals surface area contributed by atoms with Crippen molar-refractivity contribution >= 4 is 45.1 Å². The van der Waals surface area contributed by atoms with Gasteiger partial charge in [-0.1, -0.05) is 37.0 Å². The van der Waals surface area contributed by atoms with Crippen LogP contribution < -0.4 is 9.47 Å². The highest BCUT2D eigenvalue weighted by Crippen LogP contribution is 2.39. The van der Waals surface area contributed by atoms with E-state index in [4.69, 9.17) is 37.4 Å². The van der Waals surface area contributed by atoms with E-state index < -0.39 is 28.6 Å². The van der Waals surface area contributed by atoms with E-state index in [0.29, 0.717) is 22.2 Å². The molecule has 2 aromatic rings. The predicted octanol–water partition coefficient (Wildman–Crippen LogP) is 4.56. The summed E-state index contributed by atoms with van der Waals surface area (Å²) in [5.74, 6) is -1.37. The molecule has 0 radical (unpaired) electrons. The van der Waals surface area contributed by atoms with Crippen LogP contribution in [0.4, 0.5) is 0 Å². The van der Waals surface area contributed by atoms with Gasteiger partial charge in [0.1, 0.15) is 28.6 Å². The highest BCUT2D eigenvalue weighted by atomic mass is 35.5. The SMILES string of the molecule is COc1cc(C(C)C)c2c(c1)S(=O)(=O)N(CO[14C](=O)c1c(Cl)ccc(OCCN3CCCC3)c1Cl)[14C]2=O. The minimum absolute atomic E-state index is 0.00705. The molecule has 9 nitrogen and oxygen atoms in total. The molecule has 0 spiro atoms.